The Balaban J connectivity index is 1.80. The molecule has 1 N–H and O–H groups in total. The Hall–Kier alpha value is -3.58. The SMILES string of the molecule is CCOC(=O)c1cc(-c2ccccc2)sc1NC(=O)C=Cc1ccc(OCC)c(OC)c1. The minimum atomic E-state index is -0.471. The maximum absolute atomic E-state index is 12.6. The van der Waals surface area contributed by atoms with Crippen LogP contribution < -0.4 is 14.8 Å². The molecule has 0 fully saturated rings. The van der Waals surface area contributed by atoms with Crippen molar-refractivity contribution < 1.29 is 23.8 Å². The van der Waals surface area contributed by atoms with Gasteiger partial charge in [-0.3, -0.25) is 4.79 Å². The Morgan fingerprint density at radius 2 is 1.78 bits per heavy atom. The molecule has 0 atom stereocenters. The second-order valence-corrected chi connectivity index (χ2v) is 7.66. The smallest absolute Gasteiger partial charge is 0.341 e. The maximum atomic E-state index is 12.6. The van der Waals surface area contributed by atoms with E-state index in [1.807, 2.05) is 43.3 Å². The summed E-state index contributed by atoms with van der Waals surface area (Å²) < 4.78 is 16.0. The molecule has 32 heavy (non-hydrogen) atoms. The summed E-state index contributed by atoms with van der Waals surface area (Å²) in [5, 5.41) is 3.25. The summed E-state index contributed by atoms with van der Waals surface area (Å²) in [5.74, 6) is 0.402. The molecule has 0 spiro atoms. The van der Waals surface area contributed by atoms with Crippen molar-refractivity contribution in [1.29, 1.82) is 0 Å². The molecule has 0 radical (unpaired) electrons. The zero-order valence-corrected chi connectivity index (χ0v) is 19.0. The van der Waals surface area contributed by atoms with E-state index in [0.717, 1.165) is 16.0 Å². The number of rotatable bonds is 9. The van der Waals surface area contributed by atoms with Crippen LogP contribution in [0.15, 0.2) is 60.7 Å². The molecule has 0 bridgehead atoms. The van der Waals surface area contributed by atoms with Crippen LogP contribution in [0, 0.1) is 0 Å². The van der Waals surface area contributed by atoms with E-state index in [4.69, 9.17) is 14.2 Å². The van der Waals surface area contributed by atoms with Crippen molar-refractivity contribution >= 4 is 34.3 Å². The topological polar surface area (TPSA) is 73.9 Å². The van der Waals surface area contributed by atoms with Gasteiger partial charge in [-0.05, 0) is 49.2 Å². The van der Waals surface area contributed by atoms with E-state index in [1.54, 1.807) is 38.3 Å². The fourth-order valence-corrected chi connectivity index (χ4v) is 4.03. The summed E-state index contributed by atoms with van der Waals surface area (Å²) >= 11 is 1.33. The van der Waals surface area contributed by atoms with Crippen LogP contribution in [0.1, 0.15) is 29.8 Å². The highest BCUT2D eigenvalue weighted by molar-refractivity contribution is 7.20. The summed E-state index contributed by atoms with van der Waals surface area (Å²) in [7, 11) is 1.57. The first-order valence-corrected chi connectivity index (χ1v) is 11.0. The summed E-state index contributed by atoms with van der Waals surface area (Å²) in [6, 6.07) is 16.8. The van der Waals surface area contributed by atoms with Crippen molar-refractivity contribution in [3.8, 4) is 21.9 Å². The largest absolute Gasteiger partial charge is 0.493 e. The van der Waals surface area contributed by atoms with Crippen LogP contribution >= 0.6 is 11.3 Å². The van der Waals surface area contributed by atoms with E-state index >= 15 is 0 Å². The highest BCUT2D eigenvalue weighted by Crippen LogP contribution is 2.36. The highest BCUT2D eigenvalue weighted by atomic mass is 32.1. The number of carbonyl (C=O) groups excluding carboxylic acids is 2. The number of ether oxygens (including phenoxy) is 3. The zero-order valence-electron chi connectivity index (χ0n) is 18.2. The highest BCUT2D eigenvalue weighted by Gasteiger charge is 2.19. The first kappa shape index (κ1) is 23.1. The second kappa shape index (κ2) is 11.2. The standard InChI is InChI=1S/C25H25NO5S/c1-4-30-20-13-11-17(15-21(20)29-3)12-14-23(27)26-24-19(25(28)31-5-2)16-22(32-24)18-9-7-6-8-10-18/h6-16H,4-5H2,1-3H3,(H,26,27). The van der Waals surface area contributed by atoms with Gasteiger partial charge in [0.05, 0.1) is 25.9 Å². The van der Waals surface area contributed by atoms with E-state index in [1.165, 1.54) is 17.4 Å². The average Bonchev–Trinajstić information content (AvgIpc) is 3.23. The number of nitrogens with one attached hydrogen (secondary N) is 1. The molecule has 7 heteroatoms. The van der Waals surface area contributed by atoms with Gasteiger partial charge in [-0.15, -0.1) is 11.3 Å². The van der Waals surface area contributed by atoms with Crippen LogP contribution in [0.2, 0.25) is 0 Å². The van der Waals surface area contributed by atoms with E-state index in [-0.39, 0.29) is 12.5 Å². The number of methoxy groups -OCH3 is 1. The Morgan fingerprint density at radius 1 is 1.00 bits per heavy atom. The number of esters is 1. The fourth-order valence-electron chi connectivity index (χ4n) is 2.98. The predicted molar refractivity (Wildman–Crippen MR) is 128 cm³/mol. The van der Waals surface area contributed by atoms with Crippen LogP contribution in [0.3, 0.4) is 0 Å². The van der Waals surface area contributed by atoms with Crippen molar-refractivity contribution in [3.63, 3.8) is 0 Å². The molecule has 0 saturated heterocycles. The minimum Gasteiger partial charge on any atom is -0.493 e. The van der Waals surface area contributed by atoms with Crippen LogP contribution in [0.25, 0.3) is 16.5 Å². The van der Waals surface area contributed by atoms with E-state index in [9.17, 15) is 9.59 Å². The molecule has 1 aromatic heterocycles. The fraction of sp³-hybridized carbons (Fsp3) is 0.200. The number of thiophene rings is 1. The van der Waals surface area contributed by atoms with Crippen LogP contribution in [0.4, 0.5) is 5.00 Å². The summed E-state index contributed by atoms with van der Waals surface area (Å²) in [6.45, 7) is 4.43. The molecular weight excluding hydrogens is 426 g/mol. The van der Waals surface area contributed by atoms with E-state index in [2.05, 4.69) is 5.32 Å². The predicted octanol–water partition coefficient (Wildman–Crippen LogP) is 5.65. The number of benzene rings is 2. The van der Waals surface area contributed by atoms with Gasteiger partial charge in [-0.2, -0.15) is 0 Å². The molecule has 0 unspecified atom stereocenters. The number of anilines is 1. The van der Waals surface area contributed by atoms with Gasteiger partial charge in [0.25, 0.3) is 0 Å². The second-order valence-electron chi connectivity index (χ2n) is 6.61. The lowest BCUT2D eigenvalue weighted by Gasteiger charge is -2.09. The molecule has 1 heterocycles. The normalized spacial score (nSPS) is 10.7. The lowest BCUT2D eigenvalue weighted by molar-refractivity contribution is -0.111. The third kappa shape index (κ3) is 5.76. The first-order chi connectivity index (χ1) is 15.5. The molecule has 3 aromatic rings. The van der Waals surface area contributed by atoms with Gasteiger partial charge >= 0.3 is 5.97 Å². The van der Waals surface area contributed by atoms with Crippen molar-refractivity contribution in [2.24, 2.45) is 0 Å². The monoisotopic (exact) mass is 451 g/mol. The van der Waals surface area contributed by atoms with Crippen LogP contribution in [-0.2, 0) is 9.53 Å². The maximum Gasteiger partial charge on any atom is 0.341 e. The van der Waals surface area contributed by atoms with Gasteiger partial charge in [-0.1, -0.05) is 36.4 Å². The third-order valence-electron chi connectivity index (χ3n) is 4.44. The van der Waals surface area contributed by atoms with Crippen LogP contribution in [0.5, 0.6) is 11.5 Å². The van der Waals surface area contributed by atoms with Gasteiger partial charge in [0, 0.05) is 11.0 Å². The molecule has 3 rings (SSSR count). The van der Waals surface area contributed by atoms with Crippen molar-refractivity contribution in [2.75, 3.05) is 25.6 Å². The summed E-state index contributed by atoms with van der Waals surface area (Å²) in [5.41, 5.74) is 2.07. The number of amides is 1. The van der Waals surface area contributed by atoms with Gasteiger partial charge in [0.15, 0.2) is 11.5 Å². The van der Waals surface area contributed by atoms with Crippen LogP contribution in [-0.4, -0.2) is 32.2 Å². The summed E-state index contributed by atoms with van der Waals surface area (Å²) in [6.07, 6.45) is 3.08. The number of hydrogen-bond donors (Lipinski definition) is 1. The van der Waals surface area contributed by atoms with Gasteiger partial charge in [0.2, 0.25) is 5.91 Å². The van der Waals surface area contributed by atoms with Crippen molar-refractivity contribution in [1.82, 2.24) is 0 Å². The van der Waals surface area contributed by atoms with Gasteiger partial charge in [-0.25, -0.2) is 4.79 Å². The quantitative estimate of drug-likeness (QED) is 0.336. The molecule has 0 aliphatic heterocycles. The first-order valence-electron chi connectivity index (χ1n) is 10.2. The average molecular weight is 452 g/mol. The molecule has 2 aromatic carbocycles. The number of carbonyl (C=O) groups is 2. The molecule has 1 amide bonds. The molecule has 0 aliphatic rings. The Labute approximate surface area is 191 Å². The van der Waals surface area contributed by atoms with Gasteiger partial charge < -0.3 is 19.5 Å². The number of hydrogen-bond acceptors (Lipinski definition) is 6. The third-order valence-corrected chi connectivity index (χ3v) is 5.54. The summed E-state index contributed by atoms with van der Waals surface area (Å²) in [4.78, 5) is 25.9. The van der Waals surface area contributed by atoms with Gasteiger partial charge in [0.1, 0.15) is 5.00 Å². The Bertz CT molecular complexity index is 1100. The minimum absolute atomic E-state index is 0.252. The Kier molecular flexibility index (Phi) is 8.05. The van der Waals surface area contributed by atoms with Crippen molar-refractivity contribution in [2.45, 2.75) is 13.8 Å². The molecule has 0 aliphatic carbocycles. The molecular formula is C25H25NO5S. The van der Waals surface area contributed by atoms with E-state index < -0.39 is 5.97 Å². The molecule has 166 valence electrons. The zero-order chi connectivity index (χ0) is 22.9. The van der Waals surface area contributed by atoms with E-state index in [0.29, 0.717) is 28.7 Å². The lowest BCUT2D eigenvalue weighted by atomic mass is 10.1. The molecule has 6 nitrogen and oxygen atoms in total. The Morgan fingerprint density at radius 3 is 2.47 bits per heavy atom. The molecule has 0 saturated carbocycles. The van der Waals surface area contributed by atoms with Crippen molar-refractivity contribution in [3.05, 3.63) is 71.8 Å². The lowest BCUT2D eigenvalue weighted by Crippen LogP contribution is -2.11.